The zero-order chi connectivity index (χ0) is 12.0. The van der Waals surface area contributed by atoms with Gasteiger partial charge in [-0.3, -0.25) is 0 Å². The number of halogens is 10. The van der Waals surface area contributed by atoms with Crippen molar-refractivity contribution in [3.8, 4) is 0 Å². The van der Waals surface area contributed by atoms with Crippen LogP contribution in [0.2, 0.25) is 0 Å². The molecule has 86 valence electrons. The summed E-state index contributed by atoms with van der Waals surface area (Å²) in [4.78, 5) is 0. The maximum atomic E-state index is 11.6. The van der Waals surface area contributed by atoms with Gasteiger partial charge in [-0.2, -0.15) is 43.9 Å². The van der Waals surface area contributed by atoms with Gasteiger partial charge in [0.15, 0.2) is 0 Å². The Bertz CT molecular complexity index is 186. The normalized spacial score (nSPS) is 14.8. The van der Waals surface area contributed by atoms with Crippen molar-refractivity contribution in [1.82, 2.24) is 0 Å². The van der Waals surface area contributed by atoms with E-state index in [0.717, 1.165) is 0 Å². The average molecular weight is 245 g/mol. The van der Waals surface area contributed by atoms with Gasteiger partial charge in [-0.25, -0.2) is 0 Å². The van der Waals surface area contributed by atoms with Gasteiger partial charge in [0, 0.05) is 0 Å². The van der Waals surface area contributed by atoms with Crippen molar-refractivity contribution >= 4 is 0 Å². The van der Waals surface area contributed by atoms with Gasteiger partial charge in [0.05, 0.1) is 0 Å². The summed E-state index contributed by atoms with van der Waals surface area (Å²) in [5.41, 5.74) is 0. The predicted molar refractivity (Wildman–Crippen MR) is 22.0 cm³/mol. The molecule has 0 aliphatic carbocycles. The Balaban J connectivity index is 0. The maximum Gasteiger partial charge on any atom is 1.00 e. The second kappa shape index (κ2) is 4.05. The summed E-state index contributed by atoms with van der Waals surface area (Å²) in [6.07, 6.45) is -13.9. The van der Waals surface area contributed by atoms with Gasteiger partial charge in [0.2, 0.25) is 0 Å². The molecule has 0 amide bonds. The van der Waals surface area contributed by atoms with E-state index in [1.165, 1.54) is 0 Å². The number of alkyl halides is 10. The quantitative estimate of drug-likeness (QED) is 0.463. The van der Waals surface area contributed by atoms with Crippen LogP contribution in [0.4, 0.5) is 43.9 Å². The summed E-state index contributed by atoms with van der Waals surface area (Å²) < 4.78 is 113. The molecule has 0 fully saturated rings. The van der Waals surface area contributed by atoms with Crippen LogP contribution in [0, 0.1) is 0 Å². The van der Waals surface area contributed by atoms with Crippen LogP contribution in [0.25, 0.3) is 0 Å². The molecule has 0 saturated carbocycles. The topological polar surface area (TPSA) is 0 Å². The summed E-state index contributed by atoms with van der Waals surface area (Å²) in [6.45, 7) is 0. The van der Waals surface area contributed by atoms with E-state index in [0.29, 0.717) is 0 Å². The summed E-state index contributed by atoms with van der Waals surface area (Å²) in [5.74, 6) is -14.3. The Hall–Kier alpha value is -0.103. The molecule has 0 nitrogen and oxygen atoms in total. The van der Waals surface area contributed by atoms with Crippen molar-refractivity contribution in [3.63, 3.8) is 0 Å². The summed E-state index contributed by atoms with van der Waals surface area (Å²) >= 11 is 0. The van der Waals surface area contributed by atoms with Crippen LogP contribution in [-0.4, -0.2) is 24.2 Å². The molecule has 0 atom stereocenters. The monoisotopic (exact) mass is 245 g/mol. The Labute approximate surface area is 87.8 Å². The molecule has 15 heavy (non-hydrogen) atoms. The molecule has 0 aliphatic rings. The molecule has 0 bridgehead atoms. The predicted octanol–water partition coefficient (Wildman–Crippen LogP) is 0.386. The maximum absolute atomic E-state index is 11.6. The molecule has 0 N–H and O–H groups in total. The fourth-order valence-corrected chi connectivity index (χ4v) is 0.356. The van der Waals surface area contributed by atoms with Gasteiger partial charge in [-0.1, -0.05) is 0 Å². The molecule has 0 aromatic rings. The van der Waals surface area contributed by atoms with Crippen molar-refractivity contribution in [1.29, 1.82) is 0 Å². The van der Waals surface area contributed by atoms with Crippen LogP contribution in [-0.2, 0) is 0 Å². The summed E-state index contributed by atoms with van der Waals surface area (Å²) in [6, 6.07) is 0. The third kappa shape index (κ3) is 2.72. The van der Waals surface area contributed by atoms with E-state index in [9.17, 15) is 43.9 Å². The first-order valence-corrected chi connectivity index (χ1v) is 2.64. The zero-order valence-corrected chi connectivity index (χ0v) is 6.78. The Morgan fingerprint density at radius 2 is 0.533 bits per heavy atom. The Morgan fingerprint density at radius 1 is 0.400 bits per heavy atom. The van der Waals surface area contributed by atoms with Gasteiger partial charge >= 0.3 is 43.1 Å². The molecular weight excluding hydrogens is 245 g/mol. The van der Waals surface area contributed by atoms with Crippen molar-refractivity contribution in [2.24, 2.45) is 0 Å². The van der Waals surface area contributed by atoms with Crippen molar-refractivity contribution in [2.75, 3.05) is 0 Å². The molecule has 0 aliphatic heterocycles. The number of hydrogen-bond donors (Lipinski definition) is 0. The fraction of sp³-hybridized carbons (Fsp3) is 1.00. The minimum absolute atomic E-state index is 0. The van der Waals surface area contributed by atoms with Gasteiger partial charge in [0.25, 0.3) is 0 Å². The summed E-state index contributed by atoms with van der Waals surface area (Å²) in [5, 5.41) is 0. The zero-order valence-electron chi connectivity index (χ0n) is 6.78. The van der Waals surface area contributed by atoms with Crippen molar-refractivity contribution < 1.29 is 62.8 Å². The van der Waals surface area contributed by atoms with Crippen LogP contribution < -0.4 is 18.9 Å². The van der Waals surface area contributed by atoms with E-state index >= 15 is 0 Å². The Morgan fingerprint density at radius 3 is 0.600 bits per heavy atom. The first kappa shape index (κ1) is 17.3. The second-order valence-electron chi connectivity index (χ2n) is 2.14. The van der Waals surface area contributed by atoms with Crippen LogP contribution >= 0.6 is 0 Å². The fourth-order valence-electron chi connectivity index (χ4n) is 0.356. The summed E-state index contributed by atoms with van der Waals surface area (Å²) in [7, 11) is 0. The van der Waals surface area contributed by atoms with E-state index in [1.54, 1.807) is 0 Å². The van der Waals surface area contributed by atoms with Gasteiger partial charge in [-0.15, -0.1) is 0 Å². The van der Waals surface area contributed by atoms with Crippen LogP contribution in [0.15, 0.2) is 0 Å². The van der Waals surface area contributed by atoms with Crippen LogP contribution in [0.3, 0.4) is 0 Å². The molecular formula is C4F10Li+. The number of rotatable bonds is 1. The van der Waals surface area contributed by atoms with E-state index in [1.807, 2.05) is 0 Å². The average Bonchev–Trinajstić information content (AvgIpc) is 1.81. The van der Waals surface area contributed by atoms with Gasteiger partial charge in [-0.05, 0) is 0 Å². The first-order chi connectivity index (χ1) is 5.75. The van der Waals surface area contributed by atoms with Crippen LogP contribution in [0.1, 0.15) is 0 Å². The van der Waals surface area contributed by atoms with Gasteiger partial charge in [0.1, 0.15) is 0 Å². The first-order valence-electron chi connectivity index (χ1n) is 2.64. The molecule has 0 aromatic heterocycles. The second-order valence-corrected chi connectivity index (χ2v) is 2.14. The number of hydrogen-bond acceptors (Lipinski definition) is 0. The molecule has 0 radical (unpaired) electrons. The molecule has 11 heteroatoms. The molecule has 0 aromatic carbocycles. The molecule has 0 spiro atoms. The van der Waals surface area contributed by atoms with E-state index in [2.05, 4.69) is 0 Å². The largest absolute Gasteiger partial charge is 1.00 e. The molecule has 0 unspecified atom stereocenters. The smallest absolute Gasteiger partial charge is 0.189 e. The minimum Gasteiger partial charge on any atom is -0.189 e. The third-order valence-corrected chi connectivity index (χ3v) is 1.11. The van der Waals surface area contributed by atoms with Crippen LogP contribution in [0.5, 0.6) is 0 Å². The van der Waals surface area contributed by atoms with Crippen molar-refractivity contribution in [2.45, 2.75) is 24.2 Å². The molecule has 0 heterocycles. The standard InChI is InChI=1S/C4F10.Li/c5-1(6,3(9,10)11)2(7,8)4(12,13)14;/q;+1. The minimum atomic E-state index is -7.14. The van der Waals surface area contributed by atoms with E-state index in [-0.39, 0.29) is 18.9 Å². The van der Waals surface area contributed by atoms with Crippen molar-refractivity contribution in [3.05, 3.63) is 0 Å². The molecule has 0 saturated heterocycles. The molecule has 0 rings (SSSR count). The van der Waals surface area contributed by atoms with E-state index < -0.39 is 24.2 Å². The Kier molecular flexibility index (Phi) is 4.67. The third-order valence-electron chi connectivity index (χ3n) is 1.11. The van der Waals surface area contributed by atoms with E-state index in [4.69, 9.17) is 0 Å². The van der Waals surface area contributed by atoms with Gasteiger partial charge < -0.3 is 0 Å². The SMILES string of the molecule is FC(F)(F)C(F)(F)C(F)(F)C(F)(F)F.[Li+].